The lowest BCUT2D eigenvalue weighted by atomic mass is 10.2. The number of nitrogens with one attached hydrogen (secondary N) is 2. The van der Waals surface area contributed by atoms with E-state index >= 15 is 0 Å². The zero-order valence-corrected chi connectivity index (χ0v) is 17.5. The molecule has 0 amide bonds. The minimum absolute atomic E-state index is 0.125. The molecule has 0 spiro atoms. The van der Waals surface area contributed by atoms with Gasteiger partial charge in [-0.15, -0.1) is 0 Å². The number of carbonyl (C=O) groups excluding carboxylic acids is 1. The number of nitrogens with zero attached hydrogens (tertiary/aromatic N) is 2. The molecule has 0 aromatic heterocycles. The summed E-state index contributed by atoms with van der Waals surface area (Å²) in [5.41, 5.74) is 1.37. The number of methoxy groups -OCH3 is 1. The predicted octanol–water partition coefficient (Wildman–Crippen LogP) is 2.94. The Morgan fingerprint density at radius 3 is 2.79 bits per heavy atom. The molecule has 156 valence electrons. The second-order valence-corrected chi connectivity index (χ2v) is 7.29. The Bertz CT molecular complexity index is 591. The summed E-state index contributed by atoms with van der Waals surface area (Å²) in [7, 11) is 1.44. The summed E-state index contributed by atoms with van der Waals surface area (Å²) >= 11 is 0. The molecule has 6 heteroatoms. The van der Waals surface area contributed by atoms with Crippen LogP contribution in [0.5, 0.6) is 0 Å². The van der Waals surface area contributed by atoms with Crippen molar-refractivity contribution in [1.82, 2.24) is 15.5 Å². The normalized spacial score (nSPS) is 17.5. The summed E-state index contributed by atoms with van der Waals surface area (Å²) in [6.45, 7) is 6.79. The fraction of sp³-hybridized carbons (Fsp3) is 0.636. The summed E-state index contributed by atoms with van der Waals surface area (Å²) in [4.78, 5) is 18.5. The Balaban J connectivity index is 1.73. The van der Waals surface area contributed by atoms with Crippen LogP contribution in [0.15, 0.2) is 35.3 Å². The van der Waals surface area contributed by atoms with E-state index in [-0.39, 0.29) is 5.97 Å². The van der Waals surface area contributed by atoms with E-state index in [1.165, 1.54) is 25.5 Å². The SMILES string of the molecule is CCNC(=NCC1CCCN1Cc1ccccc1)NCCCCCC(=O)OC. The van der Waals surface area contributed by atoms with Crippen LogP contribution in [0.1, 0.15) is 51.0 Å². The molecule has 0 aliphatic carbocycles. The Labute approximate surface area is 169 Å². The number of benzene rings is 1. The van der Waals surface area contributed by atoms with E-state index in [0.29, 0.717) is 12.5 Å². The number of rotatable bonds is 11. The van der Waals surface area contributed by atoms with E-state index in [2.05, 4.69) is 57.5 Å². The van der Waals surface area contributed by atoms with Crippen LogP contribution in [0.3, 0.4) is 0 Å². The van der Waals surface area contributed by atoms with Gasteiger partial charge in [-0.05, 0) is 44.7 Å². The molecule has 1 aromatic rings. The maximum absolute atomic E-state index is 11.1. The van der Waals surface area contributed by atoms with Crippen molar-refractivity contribution in [3.05, 3.63) is 35.9 Å². The molecule has 28 heavy (non-hydrogen) atoms. The average molecular weight is 389 g/mol. The highest BCUT2D eigenvalue weighted by Crippen LogP contribution is 2.20. The van der Waals surface area contributed by atoms with Gasteiger partial charge >= 0.3 is 5.97 Å². The van der Waals surface area contributed by atoms with Gasteiger partial charge in [0.15, 0.2) is 5.96 Å². The first-order chi connectivity index (χ1) is 13.7. The van der Waals surface area contributed by atoms with Crippen molar-refractivity contribution in [2.45, 2.75) is 58.0 Å². The maximum Gasteiger partial charge on any atom is 0.305 e. The topological polar surface area (TPSA) is 66.0 Å². The number of unbranched alkanes of at least 4 members (excludes halogenated alkanes) is 2. The number of guanidine groups is 1. The lowest BCUT2D eigenvalue weighted by Crippen LogP contribution is -2.39. The van der Waals surface area contributed by atoms with Crippen molar-refractivity contribution in [2.24, 2.45) is 4.99 Å². The van der Waals surface area contributed by atoms with Crippen molar-refractivity contribution in [3.63, 3.8) is 0 Å². The average Bonchev–Trinajstić information content (AvgIpc) is 3.16. The van der Waals surface area contributed by atoms with Crippen LogP contribution < -0.4 is 10.6 Å². The number of carbonyl (C=O) groups is 1. The van der Waals surface area contributed by atoms with Crippen molar-refractivity contribution in [3.8, 4) is 0 Å². The molecule has 2 N–H and O–H groups in total. The summed E-state index contributed by atoms with van der Waals surface area (Å²) < 4.78 is 4.67. The molecule has 1 aliphatic rings. The third kappa shape index (κ3) is 8.30. The summed E-state index contributed by atoms with van der Waals surface area (Å²) in [6.07, 6.45) is 5.86. The van der Waals surface area contributed by atoms with Gasteiger partial charge in [0.05, 0.1) is 13.7 Å². The van der Waals surface area contributed by atoms with Crippen molar-refractivity contribution in [1.29, 1.82) is 0 Å². The molecule has 0 saturated carbocycles. The molecule has 2 rings (SSSR count). The highest BCUT2D eigenvalue weighted by atomic mass is 16.5. The van der Waals surface area contributed by atoms with Crippen LogP contribution >= 0.6 is 0 Å². The molecule has 1 heterocycles. The van der Waals surface area contributed by atoms with Gasteiger partial charge in [0.2, 0.25) is 0 Å². The number of hydrogen-bond donors (Lipinski definition) is 2. The zero-order valence-electron chi connectivity index (χ0n) is 17.5. The third-order valence-corrected chi connectivity index (χ3v) is 5.11. The molecule has 1 aliphatic heterocycles. The van der Waals surface area contributed by atoms with Gasteiger partial charge in [-0.2, -0.15) is 0 Å². The lowest BCUT2D eigenvalue weighted by Gasteiger charge is -2.23. The van der Waals surface area contributed by atoms with Crippen LogP contribution in [0.25, 0.3) is 0 Å². The van der Waals surface area contributed by atoms with Crippen molar-refractivity contribution >= 4 is 11.9 Å². The Kier molecular flexibility index (Phi) is 10.4. The van der Waals surface area contributed by atoms with Gasteiger partial charge in [-0.25, -0.2) is 0 Å². The first-order valence-corrected chi connectivity index (χ1v) is 10.6. The first kappa shape index (κ1) is 22.2. The minimum Gasteiger partial charge on any atom is -0.469 e. The highest BCUT2D eigenvalue weighted by molar-refractivity contribution is 5.79. The lowest BCUT2D eigenvalue weighted by molar-refractivity contribution is -0.140. The fourth-order valence-electron chi connectivity index (χ4n) is 3.55. The quantitative estimate of drug-likeness (QED) is 0.264. The van der Waals surface area contributed by atoms with E-state index in [4.69, 9.17) is 4.99 Å². The highest BCUT2D eigenvalue weighted by Gasteiger charge is 2.24. The molecular formula is C22H36N4O2. The number of aliphatic imine (C=N–C) groups is 1. The van der Waals surface area contributed by atoms with E-state index in [1.807, 2.05) is 0 Å². The van der Waals surface area contributed by atoms with E-state index in [1.54, 1.807) is 0 Å². The van der Waals surface area contributed by atoms with Gasteiger partial charge in [0.1, 0.15) is 0 Å². The van der Waals surface area contributed by atoms with Crippen LogP contribution in [-0.4, -0.2) is 56.2 Å². The van der Waals surface area contributed by atoms with Gasteiger partial charge in [0.25, 0.3) is 0 Å². The minimum atomic E-state index is -0.125. The van der Waals surface area contributed by atoms with Crippen LogP contribution in [-0.2, 0) is 16.1 Å². The first-order valence-electron chi connectivity index (χ1n) is 10.6. The molecule has 6 nitrogen and oxygen atoms in total. The molecule has 0 bridgehead atoms. The predicted molar refractivity (Wildman–Crippen MR) is 114 cm³/mol. The Hall–Kier alpha value is -2.08. The van der Waals surface area contributed by atoms with Crippen LogP contribution in [0, 0.1) is 0 Å². The van der Waals surface area contributed by atoms with Gasteiger partial charge in [-0.3, -0.25) is 14.7 Å². The van der Waals surface area contributed by atoms with Crippen LogP contribution in [0.2, 0.25) is 0 Å². The molecule has 1 atom stereocenters. The molecule has 1 unspecified atom stereocenters. The largest absolute Gasteiger partial charge is 0.469 e. The fourth-order valence-corrected chi connectivity index (χ4v) is 3.55. The second kappa shape index (κ2) is 13.2. The molecule has 1 aromatic carbocycles. The van der Waals surface area contributed by atoms with Gasteiger partial charge < -0.3 is 15.4 Å². The van der Waals surface area contributed by atoms with Gasteiger partial charge in [-0.1, -0.05) is 36.8 Å². The van der Waals surface area contributed by atoms with E-state index < -0.39 is 0 Å². The van der Waals surface area contributed by atoms with Crippen LogP contribution in [0.4, 0.5) is 0 Å². The number of esters is 1. The zero-order chi connectivity index (χ0) is 20.0. The molecular weight excluding hydrogens is 352 g/mol. The van der Waals surface area contributed by atoms with E-state index in [9.17, 15) is 4.79 Å². The smallest absolute Gasteiger partial charge is 0.305 e. The monoisotopic (exact) mass is 388 g/mol. The Morgan fingerprint density at radius 1 is 1.21 bits per heavy atom. The summed E-state index contributed by atoms with van der Waals surface area (Å²) in [5.74, 6) is 0.765. The molecule has 1 fully saturated rings. The van der Waals surface area contributed by atoms with Crippen molar-refractivity contribution in [2.75, 3.05) is 33.3 Å². The summed E-state index contributed by atoms with van der Waals surface area (Å²) in [5, 5.41) is 6.75. The van der Waals surface area contributed by atoms with E-state index in [0.717, 1.165) is 57.9 Å². The maximum atomic E-state index is 11.1. The standard InChI is InChI=1S/C22H36N4O2/c1-3-23-22(24-15-9-5-8-14-21(27)28-2)25-17-20-13-10-16-26(20)18-19-11-6-4-7-12-19/h4,6-7,11-12,20H,3,5,8-10,13-18H2,1-2H3,(H2,23,24,25). The molecule has 0 radical (unpaired) electrons. The number of hydrogen-bond acceptors (Lipinski definition) is 4. The number of likely N-dealkylation sites (tertiary alicyclic amines) is 1. The Morgan fingerprint density at radius 2 is 2.04 bits per heavy atom. The second-order valence-electron chi connectivity index (χ2n) is 7.29. The third-order valence-electron chi connectivity index (χ3n) is 5.11. The summed E-state index contributed by atoms with van der Waals surface area (Å²) in [6, 6.07) is 11.2. The molecule has 1 saturated heterocycles. The van der Waals surface area contributed by atoms with Crippen molar-refractivity contribution < 1.29 is 9.53 Å². The van der Waals surface area contributed by atoms with Gasteiger partial charge in [0, 0.05) is 32.1 Å². The number of ether oxygens (including phenoxy) is 1.